The number of benzene rings is 4. The second kappa shape index (κ2) is 8.37. The molecule has 1 amide bonds. The summed E-state index contributed by atoms with van der Waals surface area (Å²) >= 11 is 0. The number of hydroxylamine groups is 1. The highest BCUT2D eigenvalue weighted by molar-refractivity contribution is 6.24. The normalized spacial score (nSPS) is 11.2. The standard InChI is InChI=1S/C24H21NO5/c26-14-2-4-21(28)25-30-22(29)5-1-3-15-6-7-16-9-12-19-20(27)13-10-17-8-11-18(15)23(16)24(17)19/h6-14,27H,1-5H2,(H,25,28). The summed E-state index contributed by atoms with van der Waals surface area (Å²) in [6.45, 7) is 0. The fourth-order valence-corrected chi connectivity index (χ4v) is 3.89. The van der Waals surface area contributed by atoms with Crippen LogP contribution in [-0.4, -0.2) is 23.3 Å². The predicted molar refractivity (Wildman–Crippen MR) is 114 cm³/mol. The molecular weight excluding hydrogens is 382 g/mol. The van der Waals surface area contributed by atoms with Crippen LogP contribution < -0.4 is 5.48 Å². The van der Waals surface area contributed by atoms with Crippen LogP contribution in [0.3, 0.4) is 0 Å². The molecule has 0 aliphatic heterocycles. The van der Waals surface area contributed by atoms with E-state index in [0.717, 1.165) is 37.9 Å². The minimum atomic E-state index is -0.517. The largest absolute Gasteiger partial charge is 0.507 e. The van der Waals surface area contributed by atoms with Crippen molar-refractivity contribution in [3.05, 3.63) is 54.1 Å². The summed E-state index contributed by atoms with van der Waals surface area (Å²) in [4.78, 5) is 38.2. The fraction of sp³-hybridized carbons (Fsp3) is 0.208. The van der Waals surface area contributed by atoms with Crippen LogP contribution in [0.2, 0.25) is 0 Å². The highest BCUT2D eigenvalue weighted by atomic mass is 16.7. The Bertz CT molecular complexity index is 1250. The van der Waals surface area contributed by atoms with Gasteiger partial charge in [0.1, 0.15) is 12.0 Å². The van der Waals surface area contributed by atoms with Gasteiger partial charge in [0.15, 0.2) is 0 Å². The van der Waals surface area contributed by atoms with Crippen molar-refractivity contribution in [1.82, 2.24) is 5.48 Å². The highest BCUT2D eigenvalue weighted by Crippen LogP contribution is 2.39. The first-order valence-electron chi connectivity index (χ1n) is 9.89. The van der Waals surface area contributed by atoms with Crippen LogP contribution in [0.25, 0.3) is 32.3 Å². The number of nitrogens with one attached hydrogen (secondary N) is 1. The summed E-state index contributed by atoms with van der Waals surface area (Å²) in [7, 11) is 0. The van der Waals surface area contributed by atoms with Gasteiger partial charge >= 0.3 is 5.97 Å². The number of hydrogen-bond donors (Lipinski definition) is 2. The summed E-state index contributed by atoms with van der Waals surface area (Å²) < 4.78 is 0. The fourth-order valence-electron chi connectivity index (χ4n) is 3.89. The lowest BCUT2D eigenvalue weighted by atomic mass is 9.90. The number of aromatic hydroxyl groups is 1. The Morgan fingerprint density at radius 3 is 2.33 bits per heavy atom. The molecule has 0 fully saturated rings. The Morgan fingerprint density at radius 2 is 1.57 bits per heavy atom. The lowest BCUT2D eigenvalue weighted by Crippen LogP contribution is -2.26. The highest BCUT2D eigenvalue weighted by Gasteiger charge is 2.13. The van der Waals surface area contributed by atoms with Gasteiger partial charge in [-0.25, -0.2) is 4.79 Å². The SMILES string of the molecule is O=CCCC(=O)NOC(=O)CCCc1ccc2ccc3c(O)ccc4ccc1c2c43. The van der Waals surface area contributed by atoms with E-state index in [1.54, 1.807) is 6.07 Å². The zero-order chi connectivity index (χ0) is 21.1. The van der Waals surface area contributed by atoms with E-state index < -0.39 is 11.9 Å². The van der Waals surface area contributed by atoms with E-state index >= 15 is 0 Å². The summed E-state index contributed by atoms with van der Waals surface area (Å²) in [6.07, 6.45) is 2.13. The Morgan fingerprint density at radius 1 is 0.900 bits per heavy atom. The molecule has 4 aromatic carbocycles. The second-order valence-corrected chi connectivity index (χ2v) is 7.29. The average Bonchev–Trinajstić information content (AvgIpc) is 2.76. The third kappa shape index (κ3) is 3.76. The molecule has 0 unspecified atom stereocenters. The molecule has 0 saturated heterocycles. The number of amides is 1. The molecular formula is C24H21NO5. The maximum Gasteiger partial charge on any atom is 0.332 e. The van der Waals surface area contributed by atoms with Crippen molar-refractivity contribution < 1.29 is 24.3 Å². The van der Waals surface area contributed by atoms with Crippen molar-refractivity contribution >= 4 is 50.5 Å². The van der Waals surface area contributed by atoms with Gasteiger partial charge in [0.2, 0.25) is 0 Å². The molecule has 0 radical (unpaired) electrons. The predicted octanol–water partition coefficient (Wildman–Crippen LogP) is 4.17. The first kappa shape index (κ1) is 19.6. The van der Waals surface area contributed by atoms with Crippen LogP contribution in [0.5, 0.6) is 5.75 Å². The average molecular weight is 403 g/mol. The van der Waals surface area contributed by atoms with E-state index in [4.69, 9.17) is 4.84 Å². The molecule has 0 saturated carbocycles. The first-order valence-corrected chi connectivity index (χ1v) is 9.89. The second-order valence-electron chi connectivity index (χ2n) is 7.29. The molecule has 0 heterocycles. The maximum atomic E-state index is 11.9. The molecule has 0 bridgehead atoms. The minimum absolute atomic E-state index is 0.00490. The van der Waals surface area contributed by atoms with Gasteiger partial charge < -0.3 is 14.7 Å². The smallest absolute Gasteiger partial charge is 0.332 e. The number of aldehydes is 1. The van der Waals surface area contributed by atoms with Gasteiger partial charge in [-0.15, -0.1) is 0 Å². The minimum Gasteiger partial charge on any atom is -0.507 e. The maximum absolute atomic E-state index is 11.9. The monoisotopic (exact) mass is 403 g/mol. The van der Waals surface area contributed by atoms with E-state index in [0.29, 0.717) is 19.1 Å². The third-order valence-electron chi connectivity index (χ3n) is 5.33. The number of carbonyl (C=O) groups excluding carboxylic acids is 3. The van der Waals surface area contributed by atoms with Gasteiger partial charge in [0, 0.05) is 30.0 Å². The van der Waals surface area contributed by atoms with Gasteiger partial charge in [-0.1, -0.05) is 42.5 Å². The lowest BCUT2D eigenvalue weighted by Gasteiger charge is -2.14. The number of aryl methyl sites for hydroxylation is 1. The zero-order valence-corrected chi connectivity index (χ0v) is 16.3. The Labute approximate surface area is 172 Å². The van der Waals surface area contributed by atoms with Gasteiger partial charge in [0.25, 0.3) is 5.91 Å². The van der Waals surface area contributed by atoms with Crippen LogP contribution in [0.4, 0.5) is 0 Å². The topological polar surface area (TPSA) is 92.7 Å². The van der Waals surface area contributed by atoms with E-state index in [1.807, 2.05) is 18.2 Å². The molecule has 152 valence electrons. The van der Waals surface area contributed by atoms with E-state index in [1.165, 1.54) is 0 Å². The van der Waals surface area contributed by atoms with Gasteiger partial charge in [-0.05, 0) is 46.0 Å². The lowest BCUT2D eigenvalue weighted by molar-refractivity contribution is -0.158. The molecule has 0 aromatic heterocycles. The summed E-state index contributed by atoms with van der Waals surface area (Å²) in [5.74, 6) is -0.747. The van der Waals surface area contributed by atoms with Crippen LogP contribution >= 0.6 is 0 Å². The Kier molecular flexibility index (Phi) is 5.48. The van der Waals surface area contributed by atoms with Crippen LogP contribution in [0.15, 0.2) is 48.5 Å². The van der Waals surface area contributed by atoms with Gasteiger partial charge in [-0.2, -0.15) is 5.48 Å². The summed E-state index contributed by atoms with van der Waals surface area (Å²) in [5.41, 5.74) is 3.18. The van der Waals surface area contributed by atoms with Crippen molar-refractivity contribution in [3.63, 3.8) is 0 Å². The van der Waals surface area contributed by atoms with E-state index in [-0.39, 0.29) is 25.0 Å². The van der Waals surface area contributed by atoms with Crippen LogP contribution in [0.1, 0.15) is 31.2 Å². The Balaban J connectivity index is 1.49. The van der Waals surface area contributed by atoms with Gasteiger partial charge in [-0.3, -0.25) is 4.79 Å². The molecule has 30 heavy (non-hydrogen) atoms. The molecule has 0 aliphatic rings. The molecule has 0 spiro atoms. The quantitative estimate of drug-likeness (QED) is 0.275. The van der Waals surface area contributed by atoms with E-state index in [2.05, 4.69) is 29.7 Å². The number of carbonyl (C=O) groups is 3. The number of phenols is 1. The molecule has 6 heteroatoms. The third-order valence-corrected chi connectivity index (χ3v) is 5.33. The van der Waals surface area contributed by atoms with Crippen molar-refractivity contribution in [1.29, 1.82) is 0 Å². The van der Waals surface area contributed by atoms with Crippen molar-refractivity contribution in [3.8, 4) is 5.75 Å². The number of hydrogen-bond acceptors (Lipinski definition) is 5. The molecule has 2 N–H and O–H groups in total. The number of phenolic OH excluding ortho intramolecular Hbond substituents is 1. The molecule has 0 aliphatic carbocycles. The number of rotatable bonds is 7. The van der Waals surface area contributed by atoms with Crippen molar-refractivity contribution in [2.75, 3.05) is 0 Å². The van der Waals surface area contributed by atoms with Crippen molar-refractivity contribution in [2.24, 2.45) is 0 Å². The molecule has 4 aromatic rings. The van der Waals surface area contributed by atoms with E-state index in [9.17, 15) is 19.5 Å². The summed E-state index contributed by atoms with van der Waals surface area (Å²) in [6, 6.07) is 15.9. The molecule has 4 rings (SSSR count). The Hall–Kier alpha value is -3.67. The molecule has 0 atom stereocenters. The first-order chi connectivity index (χ1) is 14.6. The zero-order valence-electron chi connectivity index (χ0n) is 16.3. The van der Waals surface area contributed by atoms with Crippen molar-refractivity contribution in [2.45, 2.75) is 32.1 Å². The summed E-state index contributed by atoms with van der Waals surface area (Å²) in [5, 5.41) is 16.5. The van der Waals surface area contributed by atoms with Crippen LogP contribution in [-0.2, 0) is 25.6 Å². The molecule has 6 nitrogen and oxygen atoms in total. The van der Waals surface area contributed by atoms with Crippen LogP contribution in [0, 0.1) is 0 Å². The van der Waals surface area contributed by atoms with Gasteiger partial charge in [0.05, 0.1) is 0 Å².